The lowest BCUT2D eigenvalue weighted by atomic mass is 9.85. The van der Waals surface area contributed by atoms with Gasteiger partial charge in [0.05, 0.1) is 0 Å². The monoisotopic (exact) mass is 395 g/mol. The zero-order valence-corrected chi connectivity index (χ0v) is 16.8. The predicted octanol–water partition coefficient (Wildman–Crippen LogP) is 2.35. The fourth-order valence-electron chi connectivity index (χ4n) is 3.59. The minimum atomic E-state index is -0.202. The molecule has 2 heterocycles. The molecule has 3 N–H and O–H groups in total. The Kier molecular flexibility index (Phi) is 6.22. The second-order valence-corrected chi connectivity index (χ2v) is 7.65. The first-order chi connectivity index (χ1) is 13.9. The van der Waals surface area contributed by atoms with Crippen LogP contribution in [0.5, 0.6) is 0 Å². The van der Waals surface area contributed by atoms with Gasteiger partial charge < -0.3 is 10.6 Å². The van der Waals surface area contributed by atoms with E-state index in [2.05, 4.69) is 30.9 Å². The second-order valence-electron chi connectivity index (χ2n) is 7.65. The lowest BCUT2D eigenvalue weighted by Crippen LogP contribution is -2.40. The number of anilines is 2. The summed E-state index contributed by atoms with van der Waals surface area (Å²) >= 11 is 0. The van der Waals surface area contributed by atoms with Crippen LogP contribution < -0.4 is 16.0 Å². The van der Waals surface area contributed by atoms with Crippen molar-refractivity contribution in [2.45, 2.75) is 58.5 Å². The third kappa shape index (κ3) is 5.16. The molecule has 2 atom stereocenters. The molecule has 0 saturated heterocycles. The first kappa shape index (κ1) is 20.5. The van der Waals surface area contributed by atoms with Gasteiger partial charge in [0, 0.05) is 36.5 Å². The molecule has 29 heavy (non-hydrogen) atoms. The van der Waals surface area contributed by atoms with Gasteiger partial charge in [0.1, 0.15) is 17.3 Å². The second kappa shape index (κ2) is 8.82. The average molecular weight is 395 g/mol. The molecule has 0 bridgehead atoms. The van der Waals surface area contributed by atoms with Crippen LogP contribution in [-0.4, -0.2) is 38.8 Å². The summed E-state index contributed by atoms with van der Waals surface area (Å²) in [5, 5.41) is 18.7. The van der Waals surface area contributed by atoms with Gasteiger partial charge in [0.2, 0.25) is 17.8 Å². The number of hydrogen-bond acceptors (Lipinski definition) is 7. The van der Waals surface area contributed by atoms with E-state index in [1.807, 2.05) is 19.9 Å². The van der Waals surface area contributed by atoms with Gasteiger partial charge in [-0.1, -0.05) is 6.42 Å². The van der Waals surface area contributed by atoms with E-state index in [1.54, 1.807) is 12.3 Å². The van der Waals surface area contributed by atoms with Gasteiger partial charge in [-0.2, -0.15) is 5.26 Å². The Labute approximate surface area is 169 Å². The Morgan fingerprint density at radius 2 is 2.07 bits per heavy atom. The van der Waals surface area contributed by atoms with Crippen LogP contribution in [-0.2, 0) is 9.59 Å². The summed E-state index contributed by atoms with van der Waals surface area (Å²) in [4.78, 5) is 37.0. The van der Waals surface area contributed by atoms with Crippen LogP contribution >= 0.6 is 0 Å². The molecule has 0 aliphatic heterocycles. The fraction of sp³-hybridized carbons (Fsp3) is 0.500. The SMILES string of the molecule is CC(=O)N[C@@H]1CCC[C@H](C(=O)Nc2ncc3cc(C#N)nc(NC(C)C)c3n2)C1. The molecule has 0 radical (unpaired) electrons. The summed E-state index contributed by atoms with van der Waals surface area (Å²) in [5.74, 6) is 0.243. The molecular weight excluding hydrogens is 370 g/mol. The largest absolute Gasteiger partial charge is 0.366 e. The number of nitriles is 1. The summed E-state index contributed by atoms with van der Waals surface area (Å²) in [6.45, 7) is 5.41. The Hall–Kier alpha value is -3.28. The van der Waals surface area contributed by atoms with Gasteiger partial charge in [0.25, 0.3) is 0 Å². The zero-order valence-electron chi connectivity index (χ0n) is 16.8. The summed E-state index contributed by atoms with van der Waals surface area (Å²) < 4.78 is 0. The minimum absolute atomic E-state index is 0.0185. The van der Waals surface area contributed by atoms with Gasteiger partial charge in [0.15, 0.2) is 5.82 Å². The average Bonchev–Trinajstić information content (AvgIpc) is 2.67. The van der Waals surface area contributed by atoms with Crippen LogP contribution in [0.4, 0.5) is 11.8 Å². The van der Waals surface area contributed by atoms with Gasteiger partial charge in [-0.05, 0) is 39.2 Å². The molecule has 1 saturated carbocycles. The highest BCUT2D eigenvalue weighted by Gasteiger charge is 2.28. The number of rotatable bonds is 5. The fourth-order valence-corrected chi connectivity index (χ4v) is 3.59. The Bertz CT molecular complexity index is 967. The van der Waals surface area contributed by atoms with Crippen LogP contribution in [0.3, 0.4) is 0 Å². The highest BCUT2D eigenvalue weighted by atomic mass is 16.2. The highest BCUT2D eigenvalue weighted by Crippen LogP contribution is 2.26. The molecule has 3 rings (SSSR count). The molecule has 2 aromatic heterocycles. The third-order valence-electron chi connectivity index (χ3n) is 4.79. The number of pyridine rings is 1. The van der Waals surface area contributed by atoms with E-state index < -0.39 is 0 Å². The summed E-state index contributed by atoms with van der Waals surface area (Å²) in [5.41, 5.74) is 0.815. The van der Waals surface area contributed by atoms with Crippen LogP contribution in [0.2, 0.25) is 0 Å². The van der Waals surface area contributed by atoms with Gasteiger partial charge in [-0.25, -0.2) is 15.0 Å². The maximum atomic E-state index is 12.7. The van der Waals surface area contributed by atoms with E-state index in [1.165, 1.54) is 6.92 Å². The summed E-state index contributed by atoms with van der Waals surface area (Å²) in [6, 6.07) is 3.77. The lowest BCUT2D eigenvalue weighted by Gasteiger charge is -2.28. The van der Waals surface area contributed by atoms with Crippen LogP contribution in [0.25, 0.3) is 10.9 Å². The molecule has 0 unspecified atom stereocenters. The van der Waals surface area contributed by atoms with E-state index in [4.69, 9.17) is 0 Å². The molecule has 9 heteroatoms. The quantitative estimate of drug-likeness (QED) is 0.708. The van der Waals surface area contributed by atoms with Crippen LogP contribution in [0, 0.1) is 17.2 Å². The highest BCUT2D eigenvalue weighted by molar-refractivity contribution is 5.94. The Morgan fingerprint density at radius 1 is 1.28 bits per heavy atom. The number of nitrogens with one attached hydrogen (secondary N) is 3. The van der Waals surface area contributed by atoms with Crippen molar-refractivity contribution >= 4 is 34.5 Å². The van der Waals surface area contributed by atoms with Crippen molar-refractivity contribution in [1.82, 2.24) is 20.3 Å². The molecule has 152 valence electrons. The van der Waals surface area contributed by atoms with Crippen molar-refractivity contribution in [3.8, 4) is 6.07 Å². The molecule has 9 nitrogen and oxygen atoms in total. The molecule has 1 aliphatic carbocycles. The Morgan fingerprint density at radius 3 is 2.76 bits per heavy atom. The van der Waals surface area contributed by atoms with Crippen molar-refractivity contribution in [1.29, 1.82) is 5.26 Å². The molecular formula is C20H25N7O2. The Balaban J connectivity index is 1.80. The van der Waals surface area contributed by atoms with Gasteiger partial charge >= 0.3 is 0 Å². The topological polar surface area (TPSA) is 133 Å². The minimum Gasteiger partial charge on any atom is -0.366 e. The number of aromatic nitrogens is 3. The van der Waals surface area contributed by atoms with Crippen molar-refractivity contribution in [2.75, 3.05) is 10.6 Å². The summed E-state index contributed by atoms with van der Waals surface area (Å²) in [7, 11) is 0. The van der Waals surface area contributed by atoms with Crippen molar-refractivity contribution in [3.05, 3.63) is 18.0 Å². The predicted molar refractivity (Wildman–Crippen MR) is 109 cm³/mol. The number of carbonyl (C=O) groups excluding carboxylic acids is 2. The number of amides is 2. The number of hydrogen-bond donors (Lipinski definition) is 3. The number of carbonyl (C=O) groups is 2. The smallest absolute Gasteiger partial charge is 0.230 e. The number of nitrogens with zero attached hydrogens (tertiary/aromatic N) is 4. The van der Waals surface area contributed by atoms with Crippen molar-refractivity contribution in [3.63, 3.8) is 0 Å². The maximum absolute atomic E-state index is 12.7. The van der Waals surface area contributed by atoms with Crippen LogP contribution in [0.1, 0.15) is 52.1 Å². The first-order valence-electron chi connectivity index (χ1n) is 9.78. The van der Waals surface area contributed by atoms with Crippen LogP contribution in [0.15, 0.2) is 12.3 Å². The van der Waals surface area contributed by atoms with Crippen molar-refractivity contribution in [2.24, 2.45) is 5.92 Å². The number of fused-ring (bicyclic) bond motifs is 1. The first-order valence-corrected chi connectivity index (χ1v) is 9.78. The summed E-state index contributed by atoms with van der Waals surface area (Å²) in [6.07, 6.45) is 4.71. The molecule has 2 aromatic rings. The maximum Gasteiger partial charge on any atom is 0.230 e. The van der Waals surface area contributed by atoms with Gasteiger partial charge in [-0.3, -0.25) is 14.9 Å². The molecule has 0 spiro atoms. The normalized spacial score (nSPS) is 18.9. The van der Waals surface area contributed by atoms with E-state index in [0.29, 0.717) is 23.1 Å². The van der Waals surface area contributed by atoms with E-state index >= 15 is 0 Å². The third-order valence-corrected chi connectivity index (χ3v) is 4.79. The molecule has 0 aromatic carbocycles. The van der Waals surface area contributed by atoms with E-state index in [-0.39, 0.29) is 41.5 Å². The molecule has 1 fully saturated rings. The van der Waals surface area contributed by atoms with E-state index in [0.717, 1.165) is 19.3 Å². The molecule has 2 amide bonds. The zero-order chi connectivity index (χ0) is 21.0. The van der Waals surface area contributed by atoms with Gasteiger partial charge in [-0.15, -0.1) is 0 Å². The van der Waals surface area contributed by atoms with E-state index in [9.17, 15) is 14.9 Å². The molecule has 1 aliphatic rings. The standard InChI is InChI=1S/C20H25N7O2/c1-11(2)23-18-17-14(8-16(9-21)25-18)10-22-20(26-17)27-19(29)13-5-4-6-15(7-13)24-12(3)28/h8,10-11,13,15H,4-7H2,1-3H3,(H,23,25)(H,24,28)(H,22,26,27,29)/t13-,15+/m0/s1. The lowest BCUT2D eigenvalue weighted by molar-refractivity contribution is -0.123. The van der Waals surface area contributed by atoms with Crippen molar-refractivity contribution < 1.29 is 9.59 Å².